The summed E-state index contributed by atoms with van der Waals surface area (Å²) in [4.78, 5) is 13.2. The average Bonchev–Trinajstić information content (AvgIpc) is 3.34. The maximum Gasteiger partial charge on any atom is 0.220 e. The highest BCUT2D eigenvalue weighted by molar-refractivity contribution is 5.76. The fraction of sp³-hybridized carbons (Fsp3) is 0.944. The molecule has 2 aliphatic heterocycles. The minimum Gasteiger partial charge on any atom is -0.394 e. The molecule has 2 saturated heterocycles. The van der Waals surface area contributed by atoms with Crippen molar-refractivity contribution < 1.29 is 64.6 Å². The molecule has 0 radical (unpaired) electrons. The molecule has 0 aromatic rings. The number of unbranched alkanes of at least 4 members (excludes halogenated alkanes) is 31. The standard InChI is InChI=1S/C54H103NO13/c1-3-5-7-9-11-13-15-17-19-21-22-24-26-28-30-32-34-36-38-46(59)55-42(43(58)37-35-33-31-29-27-25-23-20-18-16-14-12-10-8-6-4-2)41-65-53-51(64)49(62)52(45(40-57)67-53)68-54-50(63)48(61)47(60)44(39-56)66-54/h35,37,42-45,47-54,56-58,60-64H,3-34,36,38-41H2,1-2H3,(H,55,59)/b37-35+/t42-,43+,44+,45+,47-,48?,49?,50?,51?,52+,53+,54-/m0/s1. The Morgan fingerprint density at radius 2 is 0.912 bits per heavy atom. The van der Waals surface area contributed by atoms with E-state index in [4.69, 9.17) is 18.9 Å². The third-order valence-corrected chi connectivity index (χ3v) is 14.0. The zero-order valence-electron chi connectivity index (χ0n) is 42.9. The molecule has 0 aliphatic carbocycles. The predicted molar refractivity (Wildman–Crippen MR) is 268 cm³/mol. The summed E-state index contributed by atoms with van der Waals surface area (Å²) < 4.78 is 22.7. The molecule has 2 heterocycles. The first kappa shape index (κ1) is 62.8. The van der Waals surface area contributed by atoms with Crippen LogP contribution in [-0.2, 0) is 23.7 Å². The number of hydrogen-bond donors (Lipinski definition) is 9. The Hall–Kier alpha value is -1.27. The Morgan fingerprint density at radius 1 is 0.515 bits per heavy atom. The van der Waals surface area contributed by atoms with Crippen molar-refractivity contribution in [1.82, 2.24) is 5.32 Å². The summed E-state index contributed by atoms with van der Waals surface area (Å²) in [5.41, 5.74) is 0. The summed E-state index contributed by atoms with van der Waals surface area (Å²) >= 11 is 0. The highest BCUT2D eigenvalue weighted by Gasteiger charge is 2.51. The largest absolute Gasteiger partial charge is 0.394 e. The maximum absolute atomic E-state index is 13.2. The minimum absolute atomic E-state index is 0.235. The van der Waals surface area contributed by atoms with Crippen LogP contribution in [0.5, 0.6) is 0 Å². The number of hydrogen-bond acceptors (Lipinski definition) is 13. The number of rotatable bonds is 44. The lowest BCUT2D eigenvalue weighted by atomic mass is 9.97. The molecule has 68 heavy (non-hydrogen) atoms. The van der Waals surface area contributed by atoms with Crippen LogP contribution in [-0.4, -0.2) is 140 Å². The second-order valence-electron chi connectivity index (χ2n) is 20.1. The molecular weight excluding hydrogens is 871 g/mol. The smallest absolute Gasteiger partial charge is 0.220 e. The van der Waals surface area contributed by atoms with Crippen molar-refractivity contribution >= 4 is 5.91 Å². The van der Waals surface area contributed by atoms with Crippen LogP contribution < -0.4 is 5.32 Å². The Bertz CT molecular complexity index is 1200. The van der Waals surface area contributed by atoms with Gasteiger partial charge in [-0.15, -0.1) is 0 Å². The van der Waals surface area contributed by atoms with Gasteiger partial charge in [0.05, 0.1) is 32.0 Å². The quantitative estimate of drug-likeness (QED) is 0.0207. The fourth-order valence-electron chi connectivity index (χ4n) is 9.41. The number of allylic oxidation sites excluding steroid dienone is 1. The van der Waals surface area contributed by atoms with E-state index in [0.717, 1.165) is 38.5 Å². The van der Waals surface area contributed by atoms with Gasteiger partial charge in [0.2, 0.25) is 5.91 Å². The molecule has 402 valence electrons. The monoisotopic (exact) mass is 974 g/mol. The van der Waals surface area contributed by atoms with E-state index in [9.17, 15) is 45.6 Å². The lowest BCUT2D eigenvalue weighted by Gasteiger charge is -2.46. The number of nitrogens with one attached hydrogen (secondary N) is 1. The number of amides is 1. The van der Waals surface area contributed by atoms with Crippen LogP contribution in [0, 0.1) is 0 Å². The van der Waals surface area contributed by atoms with Crippen molar-refractivity contribution in [3.63, 3.8) is 0 Å². The molecule has 0 aromatic heterocycles. The molecule has 2 rings (SSSR count). The van der Waals surface area contributed by atoms with Crippen molar-refractivity contribution in [2.75, 3.05) is 19.8 Å². The van der Waals surface area contributed by atoms with Gasteiger partial charge in [0.15, 0.2) is 12.6 Å². The van der Waals surface area contributed by atoms with Gasteiger partial charge in [-0.25, -0.2) is 0 Å². The van der Waals surface area contributed by atoms with Gasteiger partial charge in [-0.1, -0.05) is 219 Å². The first-order valence-corrected chi connectivity index (χ1v) is 27.9. The van der Waals surface area contributed by atoms with Gasteiger partial charge in [-0.2, -0.15) is 0 Å². The Balaban J connectivity index is 1.80. The van der Waals surface area contributed by atoms with E-state index in [-0.39, 0.29) is 18.9 Å². The third-order valence-electron chi connectivity index (χ3n) is 14.0. The maximum atomic E-state index is 13.2. The van der Waals surface area contributed by atoms with E-state index in [0.29, 0.717) is 6.42 Å². The molecule has 1 amide bonds. The summed E-state index contributed by atoms with van der Waals surface area (Å²) in [5, 5.41) is 86.9. The number of carbonyl (C=O) groups excluding carboxylic acids is 1. The molecule has 2 fully saturated rings. The summed E-state index contributed by atoms with van der Waals surface area (Å²) in [5.74, 6) is -0.235. The van der Waals surface area contributed by atoms with Gasteiger partial charge in [-0.05, 0) is 19.3 Å². The number of aliphatic hydroxyl groups excluding tert-OH is 8. The van der Waals surface area contributed by atoms with Crippen molar-refractivity contribution in [3.8, 4) is 0 Å². The number of aliphatic hydroxyl groups is 8. The predicted octanol–water partition coefficient (Wildman–Crippen LogP) is 8.33. The second kappa shape index (κ2) is 41.2. The van der Waals surface area contributed by atoms with Crippen LogP contribution in [0.15, 0.2) is 12.2 Å². The van der Waals surface area contributed by atoms with Crippen LogP contribution in [0.2, 0.25) is 0 Å². The van der Waals surface area contributed by atoms with Crippen LogP contribution in [0.4, 0.5) is 0 Å². The lowest BCUT2D eigenvalue weighted by molar-refractivity contribution is -0.359. The molecular formula is C54H103NO13. The summed E-state index contributed by atoms with van der Waals surface area (Å²) in [6.07, 6.45) is 28.1. The van der Waals surface area contributed by atoms with Gasteiger partial charge in [0, 0.05) is 6.42 Å². The van der Waals surface area contributed by atoms with Crippen molar-refractivity contribution in [2.45, 2.75) is 306 Å². The molecule has 2 aliphatic rings. The van der Waals surface area contributed by atoms with E-state index in [1.54, 1.807) is 6.08 Å². The Labute approximate surface area is 412 Å². The molecule has 14 heteroatoms. The van der Waals surface area contributed by atoms with E-state index >= 15 is 0 Å². The normalized spacial score (nSPS) is 26.4. The summed E-state index contributed by atoms with van der Waals surface area (Å²) in [6, 6.07) is -0.908. The lowest BCUT2D eigenvalue weighted by Crippen LogP contribution is -2.65. The van der Waals surface area contributed by atoms with Crippen LogP contribution in [0.3, 0.4) is 0 Å². The second-order valence-corrected chi connectivity index (χ2v) is 20.1. The number of ether oxygens (including phenoxy) is 4. The highest BCUT2D eigenvalue weighted by Crippen LogP contribution is 2.30. The molecule has 14 nitrogen and oxygen atoms in total. The van der Waals surface area contributed by atoms with E-state index in [1.165, 1.54) is 167 Å². The van der Waals surface area contributed by atoms with Gasteiger partial charge in [-0.3, -0.25) is 4.79 Å². The molecule has 4 unspecified atom stereocenters. The molecule has 9 N–H and O–H groups in total. The molecule has 0 aromatic carbocycles. The SMILES string of the molecule is CCCCCCCCCCCCCCCC/C=C/[C@@H](O)[C@H](CO[C@@H]1O[C@H](CO)[C@@H](O[C@@H]2O[C@H](CO)[C@H](O)C(O)C2O)C(O)C1O)NC(=O)CCCCCCCCCCCCCCCCCCCC. The van der Waals surface area contributed by atoms with Gasteiger partial charge in [0.1, 0.15) is 48.8 Å². The summed E-state index contributed by atoms with van der Waals surface area (Å²) in [6.45, 7) is 2.81. The van der Waals surface area contributed by atoms with Gasteiger partial charge >= 0.3 is 0 Å². The van der Waals surface area contributed by atoms with Crippen molar-refractivity contribution in [2.24, 2.45) is 0 Å². The van der Waals surface area contributed by atoms with Crippen molar-refractivity contribution in [3.05, 3.63) is 12.2 Å². The van der Waals surface area contributed by atoms with Crippen LogP contribution in [0.1, 0.15) is 232 Å². The van der Waals surface area contributed by atoms with E-state index < -0.39 is 86.8 Å². The first-order valence-electron chi connectivity index (χ1n) is 27.9. The fourth-order valence-corrected chi connectivity index (χ4v) is 9.41. The van der Waals surface area contributed by atoms with Crippen molar-refractivity contribution in [1.29, 1.82) is 0 Å². The van der Waals surface area contributed by atoms with Gasteiger partial charge < -0.3 is 65.1 Å². The molecule has 0 saturated carbocycles. The molecule has 12 atom stereocenters. The summed E-state index contributed by atoms with van der Waals surface area (Å²) in [7, 11) is 0. The van der Waals surface area contributed by atoms with Gasteiger partial charge in [0.25, 0.3) is 0 Å². The van der Waals surface area contributed by atoms with E-state index in [1.807, 2.05) is 6.08 Å². The van der Waals surface area contributed by atoms with E-state index in [2.05, 4.69) is 19.2 Å². The topological polar surface area (TPSA) is 228 Å². The Morgan fingerprint density at radius 3 is 1.35 bits per heavy atom. The number of carbonyl (C=O) groups is 1. The van der Waals surface area contributed by atoms with Crippen LogP contribution >= 0.6 is 0 Å². The third kappa shape index (κ3) is 27.5. The molecule has 0 bridgehead atoms. The zero-order valence-corrected chi connectivity index (χ0v) is 42.9. The first-order chi connectivity index (χ1) is 33.1. The molecule has 0 spiro atoms. The van der Waals surface area contributed by atoms with Crippen LogP contribution in [0.25, 0.3) is 0 Å². The zero-order chi connectivity index (χ0) is 49.6. The highest BCUT2D eigenvalue weighted by atomic mass is 16.7. The average molecular weight is 974 g/mol. The Kier molecular flexibility index (Phi) is 38.1. The minimum atomic E-state index is -1.78.